The van der Waals surface area contributed by atoms with Gasteiger partial charge in [0, 0.05) is 23.0 Å². The average molecular weight is 688 g/mol. The quantitative estimate of drug-likeness (QED) is 0.161. The first-order valence-corrected chi connectivity index (χ1v) is 18.7. The third kappa shape index (κ3) is 5.68. The molecular formula is C53H37N. The summed E-state index contributed by atoms with van der Waals surface area (Å²) in [5.41, 5.74) is 17.4. The van der Waals surface area contributed by atoms with Crippen molar-refractivity contribution in [2.75, 3.05) is 4.90 Å². The van der Waals surface area contributed by atoms with E-state index in [0.29, 0.717) is 0 Å². The smallest absolute Gasteiger partial charge is 0.0462 e. The molecule has 0 spiro atoms. The molecule has 0 amide bonds. The molecule has 254 valence electrons. The predicted octanol–water partition coefficient (Wildman–Crippen LogP) is 14.5. The Hall–Kier alpha value is -6.96. The minimum absolute atomic E-state index is 0.215. The second kappa shape index (κ2) is 13.5. The molecule has 1 atom stereocenters. The lowest BCUT2D eigenvalue weighted by Gasteiger charge is -2.26. The fourth-order valence-electron chi connectivity index (χ4n) is 8.32. The summed E-state index contributed by atoms with van der Waals surface area (Å²) >= 11 is 0. The van der Waals surface area contributed by atoms with Crippen LogP contribution < -0.4 is 4.90 Å². The van der Waals surface area contributed by atoms with Gasteiger partial charge < -0.3 is 4.90 Å². The summed E-state index contributed by atoms with van der Waals surface area (Å²) < 4.78 is 0. The number of fused-ring (bicyclic) bond motifs is 5. The van der Waals surface area contributed by atoms with Crippen LogP contribution in [0.1, 0.15) is 22.6 Å². The Morgan fingerprint density at radius 1 is 0.296 bits per heavy atom. The van der Waals surface area contributed by atoms with Gasteiger partial charge in [0.25, 0.3) is 0 Å². The highest BCUT2D eigenvalue weighted by Gasteiger charge is 2.31. The monoisotopic (exact) mass is 687 g/mol. The van der Waals surface area contributed by atoms with Gasteiger partial charge in [0.2, 0.25) is 0 Å². The molecule has 9 aromatic rings. The van der Waals surface area contributed by atoms with Crippen LogP contribution in [0.4, 0.5) is 17.1 Å². The number of benzene rings is 9. The van der Waals surface area contributed by atoms with Gasteiger partial charge in [0.05, 0.1) is 0 Å². The van der Waals surface area contributed by atoms with Crippen molar-refractivity contribution in [1.29, 1.82) is 0 Å². The van der Waals surface area contributed by atoms with Crippen LogP contribution in [0.5, 0.6) is 0 Å². The van der Waals surface area contributed by atoms with Crippen LogP contribution in [-0.4, -0.2) is 0 Å². The van der Waals surface area contributed by atoms with Crippen LogP contribution in [0.25, 0.3) is 55.3 Å². The standard InChI is InChI=1S/C53H37N/c1-3-11-37(12-4-1)40-23-30-45(31-24-40)54(46-32-25-41(26-33-46)38-13-5-2-6-14-38)47-34-27-42(28-35-47)39-19-21-44(22-20-39)52-49-17-9-10-18-50(49)53-48-16-8-7-15-43(48)29-36-51(52)53/h1-36,52H. The van der Waals surface area contributed by atoms with Gasteiger partial charge in [0.1, 0.15) is 0 Å². The zero-order valence-electron chi connectivity index (χ0n) is 29.8. The Labute approximate surface area is 317 Å². The van der Waals surface area contributed by atoms with E-state index in [-0.39, 0.29) is 5.92 Å². The van der Waals surface area contributed by atoms with Crippen molar-refractivity contribution in [2.45, 2.75) is 5.92 Å². The molecule has 1 nitrogen and oxygen atoms in total. The van der Waals surface area contributed by atoms with Crippen LogP contribution in [0, 0.1) is 0 Å². The van der Waals surface area contributed by atoms with Gasteiger partial charge in [-0.3, -0.25) is 0 Å². The molecule has 9 aromatic carbocycles. The van der Waals surface area contributed by atoms with Gasteiger partial charge in [-0.1, -0.05) is 182 Å². The zero-order valence-corrected chi connectivity index (χ0v) is 29.8. The second-order valence-corrected chi connectivity index (χ2v) is 14.1. The van der Waals surface area contributed by atoms with Gasteiger partial charge in [-0.2, -0.15) is 0 Å². The highest BCUT2D eigenvalue weighted by molar-refractivity contribution is 6.02. The van der Waals surface area contributed by atoms with Crippen LogP contribution in [0.2, 0.25) is 0 Å². The fraction of sp³-hybridized carbons (Fsp3) is 0.0189. The molecule has 1 aliphatic carbocycles. The molecule has 0 heterocycles. The molecule has 0 aliphatic heterocycles. The largest absolute Gasteiger partial charge is 0.311 e. The predicted molar refractivity (Wildman–Crippen MR) is 228 cm³/mol. The lowest BCUT2D eigenvalue weighted by atomic mass is 9.88. The van der Waals surface area contributed by atoms with Gasteiger partial charge in [-0.15, -0.1) is 0 Å². The molecule has 0 saturated carbocycles. The maximum absolute atomic E-state index is 2.34. The number of rotatable bonds is 7. The maximum atomic E-state index is 2.34. The SMILES string of the molecule is c1ccc(-c2ccc(N(c3ccc(-c4ccccc4)cc3)c3ccc(-c4ccc(C5c6ccccc6-c6c5ccc5ccccc65)cc4)cc3)cc2)cc1. The van der Waals surface area contributed by atoms with Gasteiger partial charge in [0.15, 0.2) is 0 Å². The van der Waals surface area contributed by atoms with E-state index in [1.807, 2.05) is 0 Å². The number of hydrogen-bond acceptors (Lipinski definition) is 1. The molecule has 1 aliphatic rings. The van der Waals surface area contributed by atoms with Crippen molar-refractivity contribution in [1.82, 2.24) is 0 Å². The Morgan fingerprint density at radius 3 is 1.26 bits per heavy atom. The summed E-state index contributed by atoms with van der Waals surface area (Å²) in [7, 11) is 0. The van der Waals surface area contributed by atoms with Crippen LogP contribution >= 0.6 is 0 Å². The third-order valence-electron chi connectivity index (χ3n) is 11.0. The van der Waals surface area contributed by atoms with Gasteiger partial charge in [-0.05, 0) is 108 Å². The normalized spacial score (nSPS) is 13.0. The van der Waals surface area contributed by atoms with E-state index in [1.54, 1.807) is 0 Å². The highest BCUT2D eigenvalue weighted by Crippen LogP contribution is 2.50. The first-order valence-electron chi connectivity index (χ1n) is 18.7. The maximum Gasteiger partial charge on any atom is 0.0462 e. The van der Waals surface area contributed by atoms with Crippen molar-refractivity contribution < 1.29 is 0 Å². The van der Waals surface area contributed by atoms with E-state index >= 15 is 0 Å². The zero-order chi connectivity index (χ0) is 35.8. The van der Waals surface area contributed by atoms with Crippen molar-refractivity contribution in [3.63, 3.8) is 0 Å². The molecule has 0 N–H and O–H groups in total. The molecule has 0 saturated heterocycles. The lowest BCUT2D eigenvalue weighted by Crippen LogP contribution is -2.09. The number of nitrogens with zero attached hydrogens (tertiary/aromatic N) is 1. The highest BCUT2D eigenvalue weighted by atomic mass is 15.1. The topological polar surface area (TPSA) is 3.24 Å². The van der Waals surface area contributed by atoms with Crippen molar-refractivity contribution in [3.8, 4) is 44.5 Å². The third-order valence-corrected chi connectivity index (χ3v) is 11.0. The molecule has 1 heteroatoms. The van der Waals surface area contributed by atoms with E-state index in [9.17, 15) is 0 Å². The molecule has 10 rings (SSSR count). The lowest BCUT2D eigenvalue weighted by molar-refractivity contribution is 1.02. The van der Waals surface area contributed by atoms with E-state index in [4.69, 9.17) is 0 Å². The summed E-state index contributed by atoms with van der Waals surface area (Å²) in [6, 6.07) is 79.4. The number of hydrogen-bond donors (Lipinski definition) is 0. The van der Waals surface area contributed by atoms with Gasteiger partial charge >= 0.3 is 0 Å². The van der Waals surface area contributed by atoms with Crippen molar-refractivity contribution in [2.24, 2.45) is 0 Å². The van der Waals surface area contributed by atoms with Gasteiger partial charge in [-0.25, -0.2) is 0 Å². The first-order chi connectivity index (χ1) is 26.8. The van der Waals surface area contributed by atoms with Crippen molar-refractivity contribution >= 4 is 27.8 Å². The van der Waals surface area contributed by atoms with Crippen LogP contribution in [0.3, 0.4) is 0 Å². The summed E-state index contributed by atoms with van der Waals surface area (Å²) in [5.74, 6) is 0.215. The molecule has 54 heavy (non-hydrogen) atoms. The average Bonchev–Trinajstić information content (AvgIpc) is 3.60. The minimum atomic E-state index is 0.215. The molecule has 1 unspecified atom stereocenters. The van der Waals surface area contributed by atoms with E-state index < -0.39 is 0 Å². The Kier molecular flexibility index (Phi) is 7.96. The Morgan fingerprint density at radius 2 is 0.722 bits per heavy atom. The van der Waals surface area contributed by atoms with Crippen LogP contribution in [0.15, 0.2) is 218 Å². The minimum Gasteiger partial charge on any atom is -0.311 e. The number of anilines is 3. The first kappa shape index (κ1) is 31.7. The van der Waals surface area contributed by atoms with Crippen LogP contribution in [-0.2, 0) is 0 Å². The Balaban J connectivity index is 0.976. The van der Waals surface area contributed by atoms with E-state index in [0.717, 1.165) is 17.1 Å². The summed E-state index contributed by atoms with van der Waals surface area (Å²) in [5, 5.41) is 2.62. The second-order valence-electron chi connectivity index (χ2n) is 14.1. The van der Waals surface area contributed by atoms with E-state index in [1.165, 1.54) is 72.0 Å². The Bertz CT molecular complexity index is 2630. The molecular weight excluding hydrogens is 651 g/mol. The molecule has 0 radical (unpaired) electrons. The summed E-state index contributed by atoms with van der Waals surface area (Å²) in [6.07, 6.45) is 0. The molecule has 0 fully saturated rings. The summed E-state index contributed by atoms with van der Waals surface area (Å²) in [6.45, 7) is 0. The molecule has 0 bridgehead atoms. The molecule has 0 aromatic heterocycles. The van der Waals surface area contributed by atoms with Crippen molar-refractivity contribution in [3.05, 3.63) is 235 Å². The fourth-order valence-corrected chi connectivity index (χ4v) is 8.32. The van der Waals surface area contributed by atoms with E-state index in [2.05, 4.69) is 223 Å². The summed E-state index contributed by atoms with van der Waals surface area (Å²) in [4.78, 5) is 2.34.